The molecule has 5 nitrogen and oxygen atoms in total. The Bertz CT molecular complexity index is 593. The smallest absolute Gasteiger partial charge is 0.433 e. The van der Waals surface area contributed by atoms with Crippen LogP contribution in [0, 0.1) is 11.3 Å². The Hall–Kier alpha value is -1.83. The number of anilines is 1. The average molecular weight is 316 g/mol. The predicted octanol–water partition coefficient (Wildman–Crippen LogP) is 2.03. The highest BCUT2D eigenvalue weighted by Gasteiger charge is 2.54. The van der Waals surface area contributed by atoms with Gasteiger partial charge in [-0.2, -0.15) is 13.2 Å². The number of fused-ring (bicyclic) bond motifs is 1. The predicted molar refractivity (Wildman–Crippen MR) is 70.4 cm³/mol. The van der Waals surface area contributed by atoms with Crippen LogP contribution >= 0.6 is 0 Å². The van der Waals surface area contributed by atoms with Gasteiger partial charge in [0.25, 0.3) is 0 Å². The summed E-state index contributed by atoms with van der Waals surface area (Å²) in [4.78, 5) is 16.9. The van der Waals surface area contributed by atoms with Crippen LogP contribution in [0.5, 0.6) is 0 Å². The normalized spacial score (nSPS) is 28.5. The number of aromatic nitrogens is 1. The van der Waals surface area contributed by atoms with Crippen molar-refractivity contribution in [2.45, 2.75) is 12.6 Å². The van der Waals surface area contributed by atoms with E-state index in [1.807, 2.05) is 0 Å². The molecule has 0 amide bonds. The molecule has 3 heterocycles. The third-order valence-corrected chi connectivity index (χ3v) is 4.48. The molecule has 120 valence electrons. The fourth-order valence-electron chi connectivity index (χ4n) is 3.23. The number of carbonyl (C=O) groups is 1. The summed E-state index contributed by atoms with van der Waals surface area (Å²) < 4.78 is 43.6. The van der Waals surface area contributed by atoms with Gasteiger partial charge in [-0.15, -0.1) is 0 Å². The Morgan fingerprint density at radius 1 is 1.45 bits per heavy atom. The highest BCUT2D eigenvalue weighted by Crippen LogP contribution is 2.43. The van der Waals surface area contributed by atoms with Gasteiger partial charge in [0.05, 0.1) is 12.0 Å². The van der Waals surface area contributed by atoms with Crippen LogP contribution in [0.2, 0.25) is 0 Å². The highest BCUT2D eigenvalue weighted by molar-refractivity contribution is 5.77. The Morgan fingerprint density at radius 3 is 2.86 bits per heavy atom. The maximum absolute atomic E-state index is 12.8. The number of alkyl halides is 3. The summed E-state index contributed by atoms with van der Waals surface area (Å²) in [7, 11) is 0. The summed E-state index contributed by atoms with van der Waals surface area (Å²) in [5, 5.41) is 9.57. The van der Waals surface area contributed by atoms with Crippen LogP contribution in [-0.4, -0.2) is 42.4 Å². The molecule has 0 bridgehead atoms. The maximum Gasteiger partial charge on any atom is 0.433 e. The molecule has 0 unspecified atom stereocenters. The molecule has 0 spiro atoms. The second kappa shape index (κ2) is 5.12. The van der Waals surface area contributed by atoms with Crippen molar-refractivity contribution in [3.8, 4) is 0 Å². The molecule has 2 aliphatic heterocycles. The fourth-order valence-corrected chi connectivity index (χ4v) is 3.23. The first kappa shape index (κ1) is 15.1. The lowest BCUT2D eigenvalue weighted by molar-refractivity contribution is -0.157. The fraction of sp³-hybridized carbons (Fsp3) is 0.571. The molecule has 2 aliphatic rings. The van der Waals surface area contributed by atoms with Gasteiger partial charge in [0.1, 0.15) is 11.5 Å². The largest absolute Gasteiger partial charge is 0.481 e. The highest BCUT2D eigenvalue weighted by atomic mass is 19.4. The van der Waals surface area contributed by atoms with E-state index in [1.165, 1.54) is 12.1 Å². The molecular weight excluding hydrogens is 301 g/mol. The zero-order chi connectivity index (χ0) is 16.0. The molecule has 1 aromatic heterocycles. The first-order valence-electron chi connectivity index (χ1n) is 6.93. The van der Waals surface area contributed by atoms with Crippen LogP contribution in [0.3, 0.4) is 0 Å². The average Bonchev–Trinajstić information content (AvgIpc) is 2.87. The molecule has 3 rings (SSSR count). The monoisotopic (exact) mass is 316 g/mol. The van der Waals surface area contributed by atoms with Crippen molar-refractivity contribution in [1.29, 1.82) is 0 Å². The van der Waals surface area contributed by atoms with Crippen LogP contribution in [0.4, 0.5) is 19.0 Å². The van der Waals surface area contributed by atoms with Crippen LogP contribution in [-0.2, 0) is 15.7 Å². The van der Waals surface area contributed by atoms with Crippen molar-refractivity contribution in [3.63, 3.8) is 0 Å². The molecule has 0 aromatic carbocycles. The molecular formula is C14H15F3N2O3. The van der Waals surface area contributed by atoms with Crippen molar-refractivity contribution in [2.75, 3.05) is 31.2 Å². The minimum Gasteiger partial charge on any atom is -0.481 e. The summed E-state index contributed by atoms with van der Waals surface area (Å²) in [6.07, 6.45) is -4.15. The second-order valence-electron chi connectivity index (χ2n) is 5.74. The number of halogens is 3. The van der Waals surface area contributed by atoms with Crippen LogP contribution in [0.25, 0.3) is 0 Å². The standard InChI is InChI=1S/C14H15F3N2O3/c15-14(16,17)10-2-1-3-11(18-10)19-6-9-7-22-5-4-13(9,8-19)12(20)21/h1-3,9H,4-8H2,(H,20,21)/t9-,13+/m1/s1. The molecule has 2 saturated heterocycles. The summed E-state index contributed by atoms with van der Waals surface area (Å²) in [5.41, 5.74) is -1.94. The minimum atomic E-state index is -4.52. The molecule has 0 radical (unpaired) electrons. The maximum atomic E-state index is 12.8. The van der Waals surface area contributed by atoms with Crippen LogP contribution in [0.15, 0.2) is 18.2 Å². The van der Waals surface area contributed by atoms with E-state index in [1.54, 1.807) is 4.90 Å². The topological polar surface area (TPSA) is 62.7 Å². The summed E-state index contributed by atoms with van der Waals surface area (Å²) in [5.74, 6) is -1.00. The van der Waals surface area contributed by atoms with Gasteiger partial charge in [0, 0.05) is 25.6 Å². The molecule has 8 heteroatoms. The third kappa shape index (κ3) is 2.41. The number of hydrogen-bond donors (Lipinski definition) is 1. The van der Waals surface area contributed by atoms with Gasteiger partial charge in [0.2, 0.25) is 0 Å². The van der Waals surface area contributed by atoms with E-state index in [4.69, 9.17) is 4.74 Å². The van der Waals surface area contributed by atoms with Gasteiger partial charge in [-0.1, -0.05) is 6.07 Å². The van der Waals surface area contributed by atoms with E-state index in [-0.39, 0.29) is 18.3 Å². The van der Waals surface area contributed by atoms with E-state index in [2.05, 4.69) is 4.98 Å². The molecule has 0 aliphatic carbocycles. The van der Waals surface area contributed by atoms with Gasteiger partial charge >= 0.3 is 12.1 Å². The molecule has 1 N–H and O–H groups in total. The number of carboxylic acids is 1. The van der Waals surface area contributed by atoms with Crippen molar-refractivity contribution in [3.05, 3.63) is 23.9 Å². The lowest BCUT2D eigenvalue weighted by atomic mass is 9.74. The van der Waals surface area contributed by atoms with E-state index in [0.717, 1.165) is 6.07 Å². The zero-order valence-electron chi connectivity index (χ0n) is 11.6. The van der Waals surface area contributed by atoms with Crippen molar-refractivity contribution >= 4 is 11.8 Å². The van der Waals surface area contributed by atoms with Gasteiger partial charge in [-0.25, -0.2) is 4.98 Å². The second-order valence-corrected chi connectivity index (χ2v) is 5.74. The zero-order valence-corrected chi connectivity index (χ0v) is 11.6. The number of rotatable bonds is 2. The Labute approximate surface area is 124 Å². The Morgan fingerprint density at radius 2 is 2.23 bits per heavy atom. The first-order valence-corrected chi connectivity index (χ1v) is 6.93. The Kier molecular flexibility index (Phi) is 3.51. The van der Waals surface area contributed by atoms with E-state index >= 15 is 0 Å². The summed E-state index contributed by atoms with van der Waals surface area (Å²) >= 11 is 0. The summed E-state index contributed by atoms with van der Waals surface area (Å²) in [6.45, 7) is 1.15. The number of hydrogen-bond acceptors (Lipinski definition) is 4. The summed E-state index contributed by atoms with van der Waals surface area (Å²) in [6, 6.07) is 3.67. The van der Waals surface area contributed by atoms with E-state index < -0.39 is 23.3 Å². The quantitative estimate of drug-likeness (QED) is 0.904. The molecule has 2 fully saturated rings. The van der Waals surface area contributed by atoms with Crippen LogP contribution in [0.1, 0.15) is 12.1 Å². The molecule has 2 atom stereocenters. The first-order chi connectivity index (χ1) is 10.3. The van der Waals surface area contributed by atoms with Crippen LogP contribution < -0.4 is 4.90 Å². The minimum absolute atomic E-state index is 0.157. The Balaban J connectivity index is 1.90. The third-order valence-electron chi connectivity index (χ3n) is 4.48. The van der Waals surface area contributed by atoms with Gasteiger partial charge < -0.3 is 14.7 Å². The molecule has 1 aromatic rings. The van der Waals surface area contributed by atoms with E-state index in [0.29, 0.717) is 26.2 Å². The van der Waals surface area contributed by atoms with Gasteiger partial charge in [-0.05, 0) is 18.6 Å². The lowest BCUT2D eigenvalue weighted by Crippen LogP contribution is -2.44. The number of ether oxygens (including phenoxy) is 1. The number of pyridine rings is 1. The number of aliphatic carboxylic acids is 1. The molecule has 22 heavy (non-hydrogen) atoms. The molecule has 0 saturated carbocycles. The SMILES string of the molecule is O=C(O)[C@]12CCOC[C@H]1CN(c1cccc(C(F)(F)F)n1)C2. The van der Waals surface area contributed by atoms with Crippen molar-refractivity contribution in [1.82, 2.24) is 4.98 Å². The van der Waals surface area contributed by atoms with E-state index in [9.17, 15) is 23.1 Å². The van der Waals surface area contributed by atoms with Crippen molar-refractivity contribution in [2.24, 2.45) is 11.3 Å². The van der Waals surface area contributed by atoms with Gasteiger partial charge in [0.15, 0.2) is 0 Å². The van der Waals surface area contributed by atoms with Crippen molar-refractivity contribution < 1.29 is 27.8 Å². The lowest BCUT2D eigenvalue weighted by Gasteiger charge is -2.33. The van der Waals surface area contributed by atoms with Gasteiger partial charge in [-0.3, -0.25) is 4.79 Å². The number of nitrogens with zero attached hydrogens (tertiary/aromatic N) is 2. The number of carboxylic acid groups (broad SMARTS) is 1.